The highest BCUT2D eigenvalue weighted by molar-refractivity contribution is 6.29. The first kappa shape index (κ1) is 34.5. The van der Waals surface area contributed by atoms with Gasteiger partial charge in [0.05, 0.1) is 0 Å². The third kappa shape index (κ3) is 5.33. The van der Waals surface area contributed by atoms with Crippen LogP contribution in [0.5, 0.6) is 0 Å². The summed E-state index contributed by atoms with van der Waals surface area (Å²) >= 11 is 0. The molecule has 3 aromatic heterocycles. The van der Waals surface area contributed by atoms with Gasteiger partial charge in [-0.25, -0.2) is 0 Å². The fraction of sp³-hybridized carbons (Fsp3) is 0. The normalized spacial score (nSPS) is 11.9. The zero-order chi connectivity index (χ0) is 40.7. The van der Waals surface area contributed by atoms with Gasteiger partial charge in [-0.05, 0) is 87.4 Å². The Morgan fingerprint density at radius 2 is 0.758 bits per heavy atom. The van der Waals surface area contributed by atoms with Crippen molar-refractivity contribution in [1.29, 1.82) is 0 Å². The SMILES string of the molecule is c1ccc(-c2oc3c4ccccc4c4cc(-c5ccc(N(c6ccc7c(c6)oc6ccccc67)c6ccc7c(c6)oc6ccccc67)cc5)ccc4c3c2-c2ccccc2)cc1. The van der Waals surface area contributed by atoms with Gasteiger partial charge in [-0.15, -0.1) is 0 Å². The van der Waals surface area contributed by atoms with Crippen molar-refractivity contribution in [3.05, 3.63) is 212 Å². The molecule has 4 nitrogen and oxygen atoms in total. The van der Waals surface area contributed by atoms with Crippen molar-refractivity contribution in [3.63, 3.8) is 0 Å². The van der Waals surface area contributed by atoms with Crippen LogP contribution < -0.4 is 4.90 Å². The zero-order valence-electron chi connectivity index (χ0n) is 33.4. The van der Waals surface area contributed by atoms with Crippen LogP contribution in [0.4, 0.5) is 17.1 Å². The molecule has 0 unspecified atom stereocenters. The molecule has 13 aromatic rings. The first-order chi connectivity index (χ1) is 30.7. The van der Waals surface area contributed by atoms with Crippen molar-refractivity contribution < 1.29 is 13.3 Å². The van der Waals surface area contributed by atoms with E-state index in [-0.39, 0.29) is 0 Å². The molecule has 3 heterocycles. The molecule has 0 saturated heterocycles. The van der Waals surface area contributed by atoms with Gasteiger partial charge in [0.1, 0.15) is 33.7 Å². The van der Waals surface area contributed by atoms with Crippen molar-refractivity contribution >= 4 is 93.5 Å². The highest BCUT2D eigenvalue weighted by Crippen LogP contribution is 2.48. The van der Waals surface area contributed by atoms with Crippen molar-refractivity contribution in [2.75, 3.05) is 4.90 Å². The minimum absolute atomic E-state index is 0.844. The lowest BCUT2D eigenvalue weighted by atomic mass is 9.91. The maximum Gasteiger partial charge on any atom is 0.143 e. The van der Waals surface area contributed by atoms with Crippen LogP contribution in [-0.2, 0) is 0 Å². The topological polar surface area (TPSA) is 42.7 Å². The number of fused-ring (bicyclic) bond motifs is 12. The summed E-state index contributed by atoms with van der Waals surface area (Å²) in [5.41, 5.74) is 12.9. The zero-order valence-corrected chi connectivity index (χ0v) is 33.4. The molecule has 62 heavy (non-hydrogen) atoms. The van der Waals surface area contributed by atoms with Gasteiger partial charge in [-0.3, -0.25) is 0 Å². The van der Waals surface area contributed by atoms with Crippen LogP contribution in [0.3, 0.4) is 0 Å². The number of furan rings is 3. The summed E-state index contributed by atoms with van der Waals surface area (Å²) in [6.07, 6.45) is 0. The summed E-state index contributed by atoms with van der Waals surface area (Å²) in [4.78, 5) is 2.28. The molecular weight excluding hydrogens is 759 g/mol. The van der Waals surface area contributed by atoms with Gasteiger partial charge >= 0.3 is 0 Å². The highest BCUT2D eigenvalue weighted by atomic mass is 16.3. The Morgan fingerprint density at radius 3 is 1.39 bits per heavy atom. The van der Waals surface area contributed by atoms with Crippen LogP contribution in [0.25, 0.3) is 110 Å². The van der Waals surface area contributed by atoms with Crippen molar-refractivity contribution in [3.8, 4) is 33.6 Å². The van der Waals surface area contributed by atoms with Crippen molar-refractivity contribution in [2.45, 2.75) is 0 Å². The maximum atomic E-state index is 6.95. The van der Waals surface area contributed by atoms with E-state index in [0.717, 1.165) is 122 Å². The average Bonchev–Trinajstić information content (AvgIpc) is 4.04. The predicted molar refractivity (Wildman–Crippen MR) is 257 cm³/mol. The predicted octanol–water partition coefficient (Wildman–Crippen LogP) is 17.0. The Hall–Kier alpha value is -8.34. The van der Waals surface area contributed by atoms with Crippen LogP contribution >= 0.6 is 0 Å². The molecule has 4 heteroatoms. The number of hydrogen-bond acceptors (Lipinski definition) is 4. The largest absolute Gasteiger partial charge is 0.456 e. The Balaban J connectivity index is 0.969. The Bertz CT molecular complexity index is 3740. The lowest BCUT2D eigenvalue weighted by Gasteiger charge is -2.25. The van der Waals surface area contributed by atoms with E-state index in [1.54, 1.807) is 0 Å². The van der Waals surface area contributed by atoms with E-state index in [9.17, 15) is 0 Å². The van der Waals surface area contributed by atoms with Crippen molar-refractivity contribution in [1.82, 2.24) is 0 Å². The summed E-state index contributed by atoms with van der Waals surface area (Å²) in [6, 6.07) is 74.9. The molecule has 0 fully saturated rings. The van der Waals surface area contributed by atoms with Crippen molar-refractivity contribution in [2.24, 2.45) is 0 Å². The molecule has 13 rings (SSSR count). The molecule has 0 saturated carbocycles. The minimum Gasteiger partial charge on any atom is -0.456 e. The second kappa shape index (κ2) is 13.6. The summed E-state index contributed by atoms with van der Waals surface area (Å²) in [7, 11) is 0. The van der Waals surface area contributed by atoms with Crippen LogP contribution in [-0.4, -0.2) is 0 Å². The lowest BCUT2D eigenvalue weighted by Crippen LogP contribution is -2.09. The Kier molecular flexibility index (Phi) is 7.57. The van der Waals surface area contributed by atoms with Crippen LogP contribution in [0.2, 0.25) is 0 Å². The molecule has 0 amide bonds. The summed E-state index contributed by atoms with van der Waals surface area (Å²) in [5.74, 6) is 0.882. The van der Waals surface area contributed by atoms with Crippen LogP contribution in [0, 0.1) is 0 Å². The van der Waals surface area contributed by atoms with Gasteiger partial charge in [0.25, 0.3) is 0 Å². The van der Waals surface area contributed by atoms with E-state index in [2.05, 4.69) is 187 Å². The minimum atomic E-state index is 0.844. The van der Waals surface area contributed by atoms with Gasteiger partial charge in [0.2, 0.25) is 0 Å². The standard InChI is InChI=1S/C58H35NO3/c1-3-13-37(14-4-1)55-56-48-30-25-39(33-50(48)43-17-7-8-20-49(43)58(56)62-57(55)38-15-5-2-6-16-38)36-23-26-40(27-24-36)59(41-28-31-46-44-18-9-11-21-51(44)60-53(46)34-41)42-29-32-47-45-19-10-12-22-52(45)61-54(47)35-42/h1-35H. The average molecular weight is 794 g/mol. The number of anilines is 3. The first-order valence-corrected chi connectivity index (χ1v) is 21.0. The molecule has 0 aliphatic carbocycles. The fourth-order valence-electron chi connectivity index (χ4n) is 9.59. The van der Waals surface area contributed by atoms with E-state index < -0.39 is 0 Å². The van der Waals surface area contributed by atoms with Crippen LogP contribution in [0.1, 0.15) is 0 Å². The van der Waals surface area contributed by atoms with Gasteiger partial charge in [-0.2, -0.15) is 0 Å². The summed E-state index contributed by atoms with van der Waals surface area (Å²) in [5, 5.41) is 10.1. The highest BCUT2D eigenvalue weighted by Gasteiger charge is 2.23. The third-order valence-corrected chi connectivity index (χ3v) is 12.5. The number of benzene rings is 10. The number of hydrogen-bond donors (Lipinski definition) is 0. The number of para-hydroxylation sites is 2. The molecule has 0 atom stereocenters. The van der Waals surface area contributed by atoms with Gasteiger partial charge in [-0.1, -0.05) is 146 Å². The van der Waals surface area contributed by atoms with E-state index in [4.69, 9.17) is 13.3 Å². The second-order valence-corrected chi connectivity index (χ2v) is 16.0. The number of rotatable bonds is 6. The quantitative estimate of drug-likeness (QED) is 0.157. The summed E-state index contributed by atoms with van der Waals surface area (Å²) < 4.78 is 19.7. The maximum absolute atomic E-state index is 6.95. The first-order valence-electron chi connectivity index (χ1n) is 21.0. The molecule has 10 aromatic carbocycles. The van der Waals surface area contributed by atoms with Gasteiger partial charge in [0.15, 0.2) is 0 Å². The number of nitrogens with zero attached hydrogens (tertiary/aromatic N) is 1. The molecule has 290 valence electrons. The third-order valence-electron chi connectivity index (χ3n) is 12.5. The smallest absolute Gasteiger partial charge is 0.143 e. The van der Waals surface area contributed by atoms with E-state index in [1.165, 1.54) is 5.39 Å². The van der Waals surface area contributed by atoms with Gasteiger partial charge < -0.3 is 18.2 Å². The van der Waals surface area contributed by atoms with Crippen LogP contribution in [0.15, 0.2) is 226 Å². The molecule has 0 N–H and O–H groups in total. The molecule has 0 spiro atoms. The van der Waals surface area contributed by atoms with Gasteiger partial charge in [0, 0.05) is 72.6 Å². The Labute approximate surface area is 356 Å². The Morgan fingerprint density at radius 1 is 0.274 bits per heavy atom. The van der Waals surface area contributed by atoms with E-state index >= 15 is 0 Å². The molecule has 0 aliphatic rings. The lowest BCUT2D eigenvalue weighted by molar-refractivity contribution is 0.636. The monoisotopic (exact) mass is 793 g/mol. The second-order valence-electron chi connectivity index (χ2n) is 16.0. The fourth-order valence-corrected chi connectivity index (χ4v) is 9.59. The molecule has 0 aliphatic heterocycles. The van der Waals surface area contributed by atoms with E-state index in [1.807, 2.05) is 30.3 Å². The summed E-state index contributed by atoms with van der Waals surface area (Å²) in [6.45, 7) is 0. The molecule has 0 bridgehead atoms. The van der Waals surface area contributed by atoms with E-state index in [0.29, 0.717) is 0 Å². The molecule has 0 radical (unpaired) electrons. The molecular formula is C58H35NO3.